The van der Waals surface area contributed by atoms with Crippen LogP contribution in [-0.2, 0) is 19.2 Å². The molecule has 0 aliphatic carbocycles. The van der Waals surface area contributed by atoms with Gasteiger partial charge in [-0.05, 0) is 34.6 Å². The number of carbonyl (C=O) groups excluding carboxylic acids is 3. The van der Waals surface area contributed by atoms with Gasteiger partial charge in [0.1, 0.15) is 17.1 Å². The number of fused-ring (bicyclic) bond motifs is 2. The highest BCUT2D eigenvalue weighted by molar-refractivity contribution is 8.00. The maximum atomic E-state index is 12.9. The third-order valence-corrected chi connectivity index (χ3v) is 8.41. The number of rotatable bonds is 10. The molecule has 0 radical (unpaired) electrons. The van der Waals surface area contributed by atoms with Gasteiger partial charge in [0.15, 0.2) is 6.54 Å². The van der Waals surface area contributed by atoms with E-state index >= 15 is 0 Å². The fourth-order valence-electron chi connectivity index (χ4n) is 4.36. The van der Waals surface area contributed by atoms with E-state index in [2.05, 4.69) is 5.32 Å². The van der Waals surface area contributed by atoms with Crippen LogP contribution in [0.25, 0.3) is 10.8 Å². The smallest absolute Gasteiger partial charge is 0.352 e. The van der Waals surface area contributed by atoms with Crippen molar-refractivity contribution >= 4 is 58.0 Å². The van der Waals surface area contributed by atoms with E-state index in [9.17, 15) is 24.3 Å². The summed E-state index contributed by atoms with van der Waals surface area (Å²) in [6, 6.07) is 13.2. The number of carbonyl (C=O) groups is 4. The van der Waals surface area contributed by atoms with Crippen LogP contribution in [0.2, 0.25) is 0 Å². The van der Waals surface area contributed by atoms with Gasteiger partial charge < -0.3 is 20.6 Å². The van der Waals surface area contributed by atoms with Gasteiger partial charge in [-0.25, -0.2) is 4.79 Å². The van der Waals surface area contributed by atoms with Gasteiger partial charge in [0.2, 0.25) is 5.91 Å². The first-order valence-corrected chi connectivity index (χ1v) is 13.7. The van der Waals surface area contributed by atoms with Crippen molar-refractivity contribution in [3.8, 4) is 0 Å². The number of hydrogen-bond acceptors (Lipinski definition) is 6. The van der Waals surface area contributed by atoms with Crippen molar-refractivity contribution in [3.63, 3.8) is 0 Å². The van der Waals surface area contributed by atoms with E-state index in [1.54, 1.807) is 12.2 Å². The number of carboxylic acid groups (broad SMARTS) is 1. The number of nitrogens with one attached hydrogen (secondary N) is 1. The molecule has 0 aromatic heterocycles. The Bertz CT molecular complexity index is 1320. The second kappa shape index (κ2) is 11.0. The SMILES string of the molecule is C[N+](C)(CC=CC1=C(C(=O)O)N2C(=O)[C@@H](NC(=O)CSc3ccc4ccccc4c3)[C@H]2SC1)CC(N)=O. The standard InChI is InChI=1S/C26H28N4O5S2/c1-30(2,13-20(27)31)11-5-8-18-14-37-25-22(24(33)29(25)23(18)26(34)35)28-21(32)15-36-19-10-9-16-6-3-4-7-17(16)12-19/h3-10,12,22,25H,11,13-15H2,1-2H3,(H3-,27,28,31,32,34,35)/p+1/t22-,25-/m1/s1. The van der Waals surface area contributed by atoms with Crippen molar-refractivity contribution in [1.29, 1.82) is 0 Å². The Labute approximate surface area is 223 Å². The van der Waals surface area contributed by atoms with E-state index in [4.69, 9.17) is 5.73 Å². The van der Waals surface area contributed by atoms with Crippen LogP contribution in [0.15, 0.2) is 70.8 Å². The molecule has 37 heavy (non-hydrogen) atoms. The Balaban J connectivity index is 1.37. The van der Waals surface area contributed by atoms with Gasteiger partial charge in [-0.2, -0.15) is 0 Å². The van der Waals surface area contributed by atoms with Crippen molar-refractivity contribution < 1.29 is 28.8 Å². The number of primary amides is 1. The number of quaternary nitrogens is 1. The number of benzene rings is 2. The molecule has 1 fully saturated rings. The molecule has 4 N–H and O–H groups in total. The number of nitrogens with two attached hydrogens (primary N) is 1. The predicted octanol–water partition coefficient (Wildman–Crippen LogP) is 1.79. The van der Waals surface area contributed by atoms with Gasteiger partial charge >= 0.3 is 5.97 Å². The van der Waals surface area contributed by atoms with E-state index < -0.39 is 29.2 Å². The summed E-state index contributed by atoms with van der Waals surface area (Å²) in [6.07, 6.45) is 3.47. The number of nitrogens with zero attached hydrogens (tertiary/aromatic N) is 2. The summed E-state index contributed by atoms with van der Waals surface area (Å²) in [5.74, 6) is -1.80. The molecule has 11 heteroatoms. The molecule has 0 saturated carbocycles. The number of likely N-dealkylation sites (N-methyl/N-ethyl adjacent to an activating group) is 1. The number of aliphatic carboxylic acids is 1. The molecule has 194 valence electrons. The number of amides is 3. The first kappa shape index (κ1) is 26.8. The van der Waals surface area contributed by atoms with Crippen molar-refractivity contribution in [2.24, 2.45) is 5.73 Å². The third kappa shape index (κ3) is 6.17. The van der Waals surface area contributed by atoms with Crippen LogP contribution in [0.1, 0.15) is 0 Å². The van der Waals surface area contributed by atoms with Gasteiger partial charge in [-0.1, -0.05) is 36.4 Å². The minimum Gasteiger partial charge on any atom is -0.477 e. The summed E-state index contributed by atoms with van der Waals surface area (Å²) in [6.45, 7) is 0.617. The van der Waals surface area contributed by atoms with Crippen LogP contribution >= 0.6 is 23.5 Å². The fraction of sp³-hybridized carbons (Fsp3) is 0.308. The topological polar surface area (TPSA) is 130 Å². The zero-order chi connectivity index (χ0) is 26.7. The summed E-state index contributed by atoms with van der Waals surface area (Å²) in [4.78, 5) is 51.0. The molecule has 0 spiro atoms. The van der Waals surface area contributed by atoms with Crippen molar-refractivity contribution in [3.05, 3.63) is 65.9 Å². The zero-order valence-corrected chi connectivity index (χ0v) is 22.2. The first-order chi connectivity index (χ1) is 17.6. The number of allylic oxidation sites excluding steroid dienone is 1. The van der Waals surface area contributed by atoms with Crippen LogP contribution in [0.4, 0.5) is 0 Å². The molecule has 3 amide bonds. The molecule has 2 aliphatic heterocycles. The van der Waals surface area contributed by atoms with Crippen molar-refractivity contribution in [1.82, 2.24) is 10.2 Å². The van der Waals surface area contributed by atoms with Crippen LogP contribution in [0.5, 0.6) is 0 Å². The Morgan fingerprint density at radius 3 is 2.65 bits per heavy atom. The van der Waals surface area contributed by atoms with E-state index in [1.807, 2.05) is 56.6 Å². The second-order valence-corrected chi connectivity index (χ2v) is 11.7. The van der Waals surface area contributed by atoms with Crippen molar-refractivity contribution in [2.45, 2.75) is 16.3 Å². The third-order valence-electron chi connectivity index (χ3n) is 6.11. The summed E-state index contributed by atoms with van der Waals surface area (Å²) in [5, 5.41) is 14.3. The van der Waals surface area contributed by atoms with Crippen LogP contribution in [0, 0.1) is 0 Å². The minimum atomic E-state index is -1.19. The summed E-state index contributed by atoms with van der Waals surface area (Å²) < 4.78 is 0.325. The lowest BCUT2D eigenvalue weighted by atomic mass is 10.0. The molecule has 1 saturated heterocycles. The molecule has 2 aliphatic rings. The lowest BCUT2D eigenvalue weighted by Crippen LogP contribution is -2.70. The van der Waals surface area contributed by atoms with Gasteiger partial charge in [-0.15, -0.1) is 23.5 Å². The van der Waals surface area contributed by atoms with E-state index in [1.165, 1.54) is 28.4 Å². The molecular formula is C26H29N4O5S2+. The monoisotopic (exact) mass is 541 g/mol. The molecular weight excluding hydrogens is 512 g/mol. The molecule has 2 heterocycles. The Morgan fingerprint density at radius 2 is 1.95 bits per heavy atom. The molecule has 2 aromatic rings. The Kier molecular flexibility index (Phi) is 7.96. The fourth-order valence-corrected chi connectivity index (χ4v) is 6.43. The molecule has 2 aromatic carbocycles. The van der Waals surface area contributed by atoms with Gasteiger partial charge in [0.05, 0.1) is 26.4 Å². The Morgan fingerprint density at radius 1 is 1.22 bits per heavy atom. The lowest BCUT2D eigenvalue weighted by molar-refractivity contribution is -0.876. The van der Waals surface area contributed by atoms with E-state index in [-0.39, 0.29) is 23.9 Å². The maximum Gasteiger partial charge on any atom is 0.352 e. The lowest BCUT2D eigenvalue weighted by Gasteiger charge is -2.49. The van der Waals surface area contributed by atoms with Gasteiger partial charge in [0, 0.05) is 10.6 Å². The first-order valence-electron chi connectivity index (χ1n) is 11.6. The quantitative estimate of drug-likeness (QED) is 0.238. The average Bonchev–Trinajstić information content (AvgIpc) is 2.84. The highest BCUT2D eigenvalue weighted by atomic mass is 32.2. The highest BCUT2D eigenvalue weighted by Gasteiger charge is 2.53. The van der Waals surface area contributed by atoms with Gasteiger partial charge in [-0.3, -0.25) is 19.3 Å². The maximum absolute atomic E-state index is 12.9. The molecule has 0 unspecified atom stereocenters. The summed E-state index contributed by atoms with van der Waals surface area (Å²) >= 11 is 2.80. The number of thioether (sulfide) groups is 2. The number of carboxylic acids is 1. The molecule has 0 bridgehead atoms. The highest BCUT2D eigenvalue weighted by Crippen LogP contribution is 2.40. The van der Waals surface area contributed by atoms with Crippen LogP contribution in [-0.4, -0.2) is 88.3 Å². The van der Waals surface area contributed by atoms with Crippen LogP contribution < -0.4 is 11.1 Å². The second-order valence-electron chi connectivity index (χ2n) is 9.58. The van der Waals surface area contributed by atoms with Crippen LogP contribution in [0.3, 0.4) is 0 Å². The summed E-state index contributed by atoms with van der Waals surface area (Å²) in [7, 11) is 3.69. The molecule has 4 rings (SSSR count). The van der Waals surface area contributed by atoms with E-state index in [0.29, 0.717) is 22.4 Å². The minimum absolute atomic E-state index is 0.0683. The normalized spacial score (nSPS) is 19.6. The summed E-state index contributed by atoms with van der Waals surface area (Å²) in [5.41, 5.74) is 5.73. The van der Waals surface area contributed by atoms with Crippen molar-refractivity contribution in [2.75, 3.05) is 38.7 Å². The number of hydrogen-bond donors (Lipinski definition) is 3. The largest absolute Gasteiger partial charge is 0.477 e. The van der Waals surface area contributed by atoms with E-state index in [0.717, 1.165) is 15.7 Å². The predicted molar refractivity (Wildman–Crippen MR) is 145 cm³/mol. The Hall–Kier alpha value is -3.28. The average molecular weight is 542 g/mol. The molecule has 2 atom stereocenters. The molecule has 9 nitrogen and oxygen atoms in total. The van der Waals surface area contributed by atoms with Gasteiger partial charge in [0.25, 0.3) is 11.8 Å². The zero-order valence-electron chi connectivity index (χ0n) is 20.5. The number of β-lactam (4-membered cyclic amide) rings is 1.